The van der Waals surface area contributed by atoms with Gasteiger partial charge in [0.1, 0.15) is 10.2 Å². The molecule has 0 aliphatic carbocycles. The van der Waals surface area contributed by atoms with Crippen LogP contribution in [0.3, 0.4) is 0 Å². The first-order chi connectivity index (χ1) is 9.23. The molecule has 1 aromatic heterocycles. The van der Waals surface area contributed by atoms with Crippen molar-refractivity contribution >= 4 is 11.8 Å². The van der Waals surface area contributed by atoms with Crippen LogP contribution in [0, 0.1) is 0 Å². The lowest BCUT2D eigenvalue weighted by Gasteiger charge is -2.31. The third kappa shape index (κ3) is 2.04. The average Bonchev–Trinajstić information content (AvgIpc) is 2.76. The number of pyridine rings is 1. The molecule has 0 radical (unpaired) electrons. The van der Waals surface area contributed by atoms with Gasteiger partial charge in [-0.25, -0.2) is 0 Å². The van der Waals surface area contributed by atoms with Crippen molar-refractivity contribution in [3.63, 3.8) is 0 Å². The van der Waals surface area contributed by atoms with Crippen LogP contribution >= 0.6 is 11.8 Å². The highest BCUT2D eigenvalue weighted by Crippen LogP contribution is 2.48. The summed E-state index contributed by atoms with van der Waals surface area (Å²) in [6.45, 7) is 0. The van der Waals surface area contributed by atoms with Crippen LogP contribution in [0.25, 0.3) is 0 Å². The van der Waals surface area contributed by atoms with E-state index in [1.54, 1.807) is 18.0 Å². The summed E-state index contributed by atoms with van der Waals surface area (Å²) in [6.07, 6.45) is 1.52. The van der Waals surface area contributed by atoms with Gasteiger partial charge in [-0.05, 0) is 17.7 Å². The summed E-state index contributed by atoms with van der Waals surface area (Å²) in [4.78, 5) is 4.50. The van der Waals surface area contributed by atoms with Gasteiger partial charge in [-0.1, -0.05) is 36.4 Å². The van der Waals surface area contributed by atoms with Gasteiger partial charge in [0.2, 0.25) is 0 Å². The molecule has 2 heterocycles. The van der Waals surface area contributed by atoms with Crippen LogP contribution in [0.5, 0.6) is 0 Å². The quantitative estimate of drug-likeness (QED) is 0.765. The van der Waals surface area contributed by atoms with Crippen LogP contribution in [0.4, 0.5) is 0 Å². The molecule has 3 unspecified atom stereocenters. The number of hydrogen-bond acceptors (Lipinski definition) is 5. The van der Waals surface area contributed by atoms with Gasteiger partial charge in [-0.2, -0.15) is 0 Å². The summed E-state index contributed by atoms with van der Waals surface area (Å²) in [5, 5.41) is 3.18. The Morgan fingerprint density at radius 1 is 1.05 bits per heavy atom. The fourth-order valence-corrected chi connectivity index (χ4v) is 3.83. The molecular formula is C14H16N4S. The third-order valence-electron chi connectivity index (χ3n) is 3.34. The predicted molar refractivity (Wildman–Crippen MR) is 78.1 cm³/mol. The van der Waals surface area contributed by atoms with E-state index in [0.717, 1.165) is 11.3 Å². The van der Waals surface area contributed by atoms with Crippen molar-refractivity contribution in [3.8, 4) is 0 Å². The van der Waals surface area contributed by atoms with Crippen LogP contribution < -0.4 is 16.8 Å². The second kappa shape index (κ2) is 4.94. The highest BCUT2D eigenvalue weighted by molar-refractivity contribution is 8.01. The second-order valence-corrected chi connectivity index (χ2v) is 5.89. The molecular weight excluding hydrogens is 256 g/mol. The first kappa shape index (κ1) is 12.6. The Bertz CT molecular complexity index is 506. The van der Waals surface area contributed by atoms with E-state index in [4.69, 9.17) is 11.5 Å². The lowest BCUT2D eigenvalue weighted by molar-refractivity contribution is 0.475. The van der Waals surface area contributed by atoms with E-state index in [1.165, 1.54) is 0 Å². The molecule has 3 rings (SSSR count). The van der Waals surface area contributed by atoms with E-state index in [9.17, 15) is 0 Å². The maximum absolute atomic E-state index is 6.32. The number of nitrogens with zero attached hydrogens (tertiary/aromatic N) is 1. The fraction of sp³-hybridized carbons (Fsp3) is 0.214. The van der Waals surface area contributed by atoms with E-state index in [-0.39, 0.29) is 11.7 Å². The van der Waals surface area contributed by atoms with E-state index >= 15 is 0 Å². The summed E-state index contributed by atoms with van der Waals surface area (Å²) >= 11 is 1.61. The van der Waals surface area contributed by atoms with Crippen LogP contribution in [-0.2, 0) is 4.75 Å². The number of nitrogens with two attached hydrogens (primary N) is 2. The maximum Gasteiger partial charge on any atom is 0.114 e. The molecule has 1 aromatic carbocycles. The predicted octanol–water partition coefficient (Wildman–Crippen LogP) is 1.19. The van der Waals surface area contributed by atoms with E-state index in [0.29, 0.717) is 0 Å². The van der Waals surface area contributed by atoms with Gasteiger partial charge >= 0.3 is 0 Å². The molecule has 98 valence electrons. The molecule has 1 aliphatic heterocycles. The maximum atomic E-state index is 6.32. The smallest absolute Gasteiger partial charge is 0.114 e. The molecule has 5 heteroatoms. The zero-order chi connectivity index (χ0) is 13.3. The Kier molecular flexibility index (Phi) is 3.28. The first-order valence-corrected chi connectivity index (χ1v) is 7.03. The standard InChI is InChI=1S/C14H16N4S/c15-12-14(19-13(16)18-12,10-6-2-1-3-7-10)11-8-4-5-9-17-11/h1-9,12-13,18H,15-16H2. The molecule has 1 saturated heterocycles. The number of rotatable bonds is 2. The van der Waals surface area contributed by atoms with E-state index in [1.807, 2.05) is 36.4 Å². The molecule has 1 fully saturated rings. The van der Waals surface area contributed by atoms with Crippen molar-refractivity contribution in [1.82, 2.24) is 10.3 Å². The summed E-state index contributed by atoms with van der Waals surface area (Å²) in [5.74, 6) is 0. The van der Waals surface area contributed by atoms with Crippen molar-refractivity contribution in [2.45, 2.75) is 16.4 Å². The normalized spacial score (nSPS) is 30.4. The van der Waals surface area contributed by atoms with Gasteiger partial charge in [0.25, 0.3) is 0 Å². The molecule has 2 aromatic rings. The highest BCUT2D eigenvalue weighted by Gasteiger charge is 2.49. The van der Waals surface area contributed by atoms with E-state index < -0.39 is 4.75 Å². The first-order valence-electron chi connectivity index (χ1n) is 6.15. The Hall–Kier alpha value is -1.40. The van der Waals surface area contributed by atoms with Crippen LogP contribution in [-0.4, -0.2) is 16.6 Å². The molecule has 0 saturated carbocycles. The van der Waals surface area contributed by atoms with Crippen LogP contribution in [0.15, 0.2) is 54.7 Å². The molecule has 19 heavy (non-hydrogen) atoms. The Labute approximate surface area is 116 Å². The van der Waals surface area contributed by atoms with Crippen molar-refractivity contribution in [2.24, 2.45) is 11.5 Å². The Morgan fingerprint density at radius 3 is 2.37 bits per heavy atom. The SMILES string of the molecule is NC1NC(N)C(c2ccccc2)(c2ccccn2)S1. The summed E-state index contributed by atoms with van der Waals surface area (Å²) in [5.41, 5.74) is 14.2. The summed E-state index contributed by atoms with van der Waals surface area (Å²) in [6, 6.07) is 16.0. The number of hydrogen-bond donors (Lipinski definition) is 3. The fourth-order valence-electron chi connectivity index (χ4n) is 2.49. The van der Waals surface area contributed by atoms with Crippen molar-refractivity contribution in [2.75, 3.05) is 0 Å². The van der Waals surface area contributed by atoms with Gasteiger partial charge in [0, 0.05) is 6.20 Å². The van der Waals surface area contributed by atoms with Crippen LogP contribution in [0.1, 0.15) is 11.3 Å². The summed E-state index contributed by atoms with van der Waals surface area (Å²) < 4.78 is -0.443. The zero-order valence-electron chi connectivity index (χ0n) is 10.4. The molecule has 0 amide bonds. The number of aromatic nitrogens is 1. The second-order valence-electron chi connectivity index (χ2n) is 4.50. The van der Waals surface area contributed by atoms with Crippen molar-refractivity contribution in [1.29, 1.82) is 0 Å². The van der Waals surface area contributed by atoms with Crippen molar-refractivity contribution < 1.29 is 0 Å². The molecule has 5 N–H and O–H groups in total. The number of thioether (sulfide) groups is 1. The van der Waals surface area contributed by atoms with E-state index in [2.05, 4.69) is 22.4 Å². The molecule has 3 atom stereocenters. The van der Waals surface area contributed by atoms with Gasteiger partial charge in [-0.3, -0.25) is 10.3 Å². The highest BCUT2D eigenvalue weighted by atomic mass is 32.2. The van der Waals surface area contributed by atoms with Gasteiger partial charge < -0.3 is 11.5 Å². The Balaban J connectivity index is 2.17. The lowest BCUT2D eigenvalue weighted by Crippen LogP contribution is -2.49. The monoisotopic (exact) mass is 272 g/mol. The molecule has 0 bridgehead atoms. The minimum absolute atomic E-state index is 0.197. The molecule has 0 spiro atoms. The number of benzene rings is 1. The molecule has 4 nitrogen and oxygen atoms in total. The topological polar surface area (TPSA) is 77.0 Å². The molecule has 1 aliphatic rings. The lowest BCUT2D eigenvalue weighted by atomic mass is 9.91. The van der Waals surface area contributed by atoms with Crippen LogP contribution in [0.2, 0.25) is 0 Å². The Morgan fingerprint density at radius 2 is 1.79 bits per heavy atom. The number of nitrogens with one attached hydrogen (secondary N) is 1. The third-order valence-corrected chi connectivity index (χ3v) is 4.80. The van der Waals surface area contributed by atoms with Crippen molar-refractivity contribution in [3.05, 3.63) is 66.0 Å². The van der Waals surface area contributed by atoms with Gasteiger partial charge in [0.15, 0.2) is 0 Å². The minimum Gasteiger partial charge on any atom is -0.314 e. The minimum atomic E-state index is -0.443. The zero-order valence-corrected chi connectivity index (χ0v) is 11.2. The summed E-state index contributed by atoms with van der Waals surface area (Å²) in [7, 11) is 0. The average molecular weight is 272 g/mol. The largest absolute Gasteiger partial charge is 0.314 e. The van der Waals surface area contributed by atoms with Gasteiger partial charge in [-0.15, -0.1) is 11.8 Å². The van der Waals surface area contributed by atoms with Gasteiger partial charge in [0.05, 0.1) is 11.9 Å².